The zero-order valence-corrected chi connectivity index (χ0v) is 10.6. The Labute approximate surface area is 99.1 Å². The van der Waals surface area contributed by atoms with Gasteiger partial charge in [0.15, 0.2) is 0 Å². The van der Waals surface area contributed by atoms with Crippen LogP contribution in [-0.2, 0) is 9.53 Å². The van der Waals surface area contributed by atoms with Crippen LogP contribution in [0.3, 0.4) is 0 Å². The Balaban J connectivity index is 2.32. The number of rotatable bonds is 7. The number of esters is 1. The summed E-state index contributed by atoms with van der Waals surface area (Å²) in [4.78, 5) is 11.3. The first-order valence-electron chi connectivity index (χ1n) is 6.45. The third-order valence-electron chi connectivity index (χ3n) is 3.70. The van der Waals surface area contributed by atoms with Crippen LogP contribution in [0.15, 0.2) is 12.7 Å². The van der Waals surface area contributed by atoms with Crippen molar-refractivity contribution in [3.8, 4) is 0 Å². The molecule has 1 aliphatic heterocycles. The monoisotopic (exact) mass is 224 g/mol. The summed E-state index contributed by atoms with van der Waals surface area (Å²) in [5.74, 6) is 0.403. The molecule has 1 saturated heterocycles. The molecule has 0 radical (unpaired) electrons. The number of unbranched alkanes of at least 4 members (excludes halogenated alkanes) is 3. The highest BCUT2D eigenvalue weighted by molar-refractivity contribution is 5.72. The van der Waals surface area contributed by atoms with Crippen molar-refractivity contribution in [2.75, 3.05) is 0 Å². The van der Waals surface area contributed by atoms with Crippen LogP contribution in [0.4, 0.5) is 0 Å². The summed E-state index contributed by atoms with van der Waals surface area (Å²) in [5, 5.41) is 0. The van der Waals surface area contributed by atoms with Gasteiger partial charge in [-0.25, -0.2) is 0 Å². The van der Waals surface area contributed by atoms with Crippen molar-refractivity contribution in [1.29, 1.82) is 0 Å². The predicted molar refractivity (Wildman–Crippen MR) is 66.2 cm³/mol. The van der Waals surface area contributed by atoms with E-state index in [1.165, 1.54) is 12.8 Å². The van der Waals surface area contributed by atoms with E-state index in [0.717, 1.165) is 25.7 Å². The second kappa shape index (κ2) is 6.07. The van der Waals surface area contributed by atoms with Crippen molar-refractivity contribution >= 4 is 5.97 Å². The van der Waals surface area contributed by atoms with E-state index < -0.39 is 0 Å². The quantitative estimate of drug-likeness (QED) is 0.373. The van der Waals surface area contributed by atoms with E-state index in [1.807, 2.05) is 6.08 Å². The van der Waals surface area contributed by atoms with Gasteiger partial charge < -0.3 is 4.74 Å². The van der Waals surface area contributed by atoms with E-state index in [4.69, 9.17) is 4.74 Å². The van der Waals surface area contributed by atoms with Crippen LogP contribution in [0.25, 0.3) is 0 Å². The van der Waals surface area contributed by atoms with Crippen molar-refractivity contribution < 1.29 is 9.53 Å². The van der Waals surface area contributed by atoms with Gasteiger partial charge in [0, 0.05) is 5.92 Å². The normalized spacial score (nSPS) is 29.1. The maximum absolute atomic E-state index is 11.3. The second-order valence-electron chi connectivity index (χ2n) is 4.98. The first-order valence-corrected chi connectivity index (χ1v) is 6.45. The van der Waals surface area contributed by atoms with Crippen molar-refractivity contribution in [3.05, 3.63) is 12.7 Å². The molecule has 2 heteroatoms. The van der Waals surface area contributed by atoms with Crippen LogP contribution in [-0.4, -0.2) is 11.6 Å². The van der Waals surface area contributed by atoms with E-state index in [-0.39, 0.29) is 11.6 Å². The predicted octanol–water partition coefficient (Wildman–Crippen LogP) is 3.85. The van der Waals surface area contributed by atoms with Gasteiger partial charge >= 0.3 is 5.97 Å². The molecule has 0 bridgehead atoms. The third-order valence-corrected chi connectivity index (χ3v) is 3.70. The molecular formula is C14H24O2. The first-order chi connectivity index (χ1) is 7.62. The van der Waals surface area contributed by atoms with Crippen molar-refractivity contribution in [2.24, 2.45) is 5.92 Å². The number of hydrogen-bond donors (Lipinski definition) is 0. The molecule has 0 amide bonds. The number of hydrogen-bond acceptors (Lipinski definition) is 2. The minimum atomic E-state index is -0.194. The fourth-order valence-electron chi connectivity index (χ4n) is 2.57. The summed E-state index contributed by atoms with van der Waals surface area (Å²) in [7, 11) is 0. The molecule has 1 heterocycles. The molecule has 92 valence electrons. The van der Waals surface area contributed by atoms with Gasteiger partial charge in [0.1, 0.15) is 5.60 Å². The molecule has 0 saturated carbocycles. The lowest BCUT2D eigenvalue weighted by atomic mass is 9.83. The van der Waals surface area contributed by atoms with Gasteiger partial charge in [0.2, 0.25) is 0 Å². The molecule has 0 spiro atoms. The Morgan fingerprint density at radius 2 is 2.25 bits per heavy atom. The van der Waals surface area contributed by atoms with Crippen LogP contribution >= 0.6 is 0 Å². The molecule has 0 aromatic carbocycles. The fraction of sp³-hybridized carbons (Fsp3) is 0.786. The Hall–Kier alpha value is -0.790. The van der Waals surface area contributed by atoms with Crippen LogP contribution < -0.4 is 0 Å². The van der Waals surface area contributed by atoms with Gasteiger partial charge in [-0.1, -0.05) is 19.4 Å². The van der Waals surface area contributed by atoms with Gasteiger partial charge in [-0.15, -0.1) is 6.58 Å². The smallest absolute Gasteiger partial charge is 0.306 e. The number of carbonyl (C=O) groups excluding carboxylic acids is 1. The number of ether oxygens (including phenoxy) is 1. The number of cyclic esters (lactones) is 1. The third kappa shape index (κ3) is 3.36. The Bertz CT molecular complexity index is 247. The molecule has 1 unspecified atom stereocenters. The topological polar surface area (TPSA) is 26.3 Å². The van der Waals surface area contributed by atoms with Crippen LogP contribution in [0.1, 0.15) is 58.8 Å². The van der Waals surface area contributed by atoms with E-state index in [1.54, 1.807) is 0 Å². The Morgan fingerprint density at radius 3 is 2.88 bits per heavy atom. The average Bonchev–Trinajstić information content (AvgIpc) is 2.53. The largest absolute Gasteiger partial charge is 0.459 e. The van der Waals surface area contributed by atoms with E-state index in [9.17, 15) is 4.79 Å². The molecular weight excluding hydrogens is 200 g/mol. The standard InChI is InChI=1S/C14H24O2/c1-4-6-7-8-9-10-14(3)12(5-2)11-13(15)16-14/h4,12H,1,5-11H2,2-3H3/t12?,14-/m0/s1. The SMILES string of the molecule is C=CCCCCC[C@]1(C)OC(=O)CC1CC. The first kappa shape index (κ1) is 13.3. The average molecular weight is 224 g/mol. The van der Waals surface area contributed by atoms with Gasteiger partial charge in [0.05, 0.1) is 6.42 Å². The zero-order chi connectivity index (χ0) is 12.0. The minimum Gasteiger partial charge on any atom is -0.459 e. The molecule has 0 aromatic rings. The van der Waals surface area contributed by atoms with Crippen molar-refractivity contribution in [2.45, 2.75) is 64.4 Å². The van der Waals surface area contributed by atoms with Crippen LogP contribution in [0, 0.1) is 5.92 Å². The number of allylic oxidation sites excluding steroid dienone is 1. The Kier molecular flexibility index (Phi) is 5.04. The van der Waals surface area contributed by atoms with Crippen LogP contribution in [0.2, 0.25) is 0 Å². The number of carbonyl (C=O) groups is 1. The van der Waals surface area contributed by atoms with E-state index >= 15 is 0 Å². The van der Waals surface area contributed by atoms with E-state index in [2.05, 4.69) is 20.4 Å². The summed E-state index contributed by atoms with van der Waals surface area (Å²) in [6.07, 6.45) is 9.26. The summed E-state index contributed by atoms with van der Waals surface area (Å²) in [6, 6.07) is 0. The highest BCUT2D eigenvalue weighted by atomic mass is 16.6. The molecule has 1 aliphatic rings. The molecule has 1 fully saturated rings. The zero-order valence-electron chi connectivity index (χ0n) is 10.6. The summed E-state index contributed by atoms with van der Waals surface area (Å²) in [6.45, 7) is 7.95. The molecule has 2 nitrogen and oxygen atoms in total. The maximum Gasteiger partial charge on any atom is 0.306 e. The van der Waals surface area contributed by atoms with Gasteiger partial charge in [0.25, 0.3) is 0 Å². The molecule has 0 N–H and O–H groups in total. The summed E-state index contributed by atoms with van der Waals surface area (Å²) in [5.41, 5.74) is -0.194. The van der Waals surface area contributed by atoms with E-state index in [0.29, 0.717) is 12.3 Å². The highest BCUT2D eigenvalue weighted by Crippen LogP contribution is 2.38. The molecule has 1 rings (SSSR count). The summed E-state index contributed by atoms with van der Waals surface area (Å²) < 4.78 is 5.50. The molecule has 0 aromatic heterocycles. The maximum atomic E-state index is 11.3. The lowest BCUT2D eigenvalue weighted by Crippen LogP contribution is -2.31. The summed E-state index contributed by atoms with van der Waals surface area (Å²) >= 11 is 0. The van der Waals surface area contributed by atoms with Crippen molar-refractivity contribution in [1.82, 2.24) is 0 Å². The second-order valence-corrected chi connectivity index (χ2v) is 4.98. The Morgan fingerprint density at radius 1 is 1.50 bits per heavy atom. The molecule has 0 aliphatic carbocycles. The van der Waals surface area contributed by atoms with Crippen LogP contribution in [0.5, 0.6) is 0 Å². The molecule has 2 atom stereocenters. The van der Waals surface area contributed by atoms with Gasteiger partial charge in [-0.2, -0.15) is 0 Å². The highest BCUT2D eigenvalue weighted by Gasteiger charge is 2.43. The lowest BCUT2D eigenvalue weighted by Gasteiger charge is -2.28. The lowest BCUT2D eigenvalue weighted by molar-refractivity contribution is -0.148. The minimum absolute atomic E-state index is 0.0135. The van der Waals surface area contributed by atoms with Gasteiger partial charge in [-0.05, 0) is 39.0 Å². The van der Waals surface area contributed by atoms with Crippen molar-refractivity contribution in [3.63, 3.8) is 0 Å². The molecule has 16 heavy (non-hydrogen) atoms. The van der Waals surface area contributed by atoms with Gasteiger partial charge in [-0.3, -0.25) is 4.79 Å². The fourth-order valence-corrected chi connectivity index (χ4v) is 2.57.